The van der Waals surface area contributed by atoms with Gasteiger partial charge in [-0.3, -0.25) is 9.36 Å². The van der Waals surface area contributed by atoms with Crippen LogP contribution in [0.25, 0.3) is 22.0 Å². The molecule has 122 valence electrons. The first-order chi connectivity index (χ1) is 11.7. The average molecular weight is 323 g/mol. The quantitative estimate of drug-likeness (QED) is 0.806. The predicted molar refractivity (Wildman–Crippen MR) is 92.4 cm³/mol. The highest BCUT2D eigenvalue weighted by molar-refractivity contribution is 5.83. The Bertz CT molecular complexity index is 945. The predicted octanol–water partition coefficient (Wildman–Crippen LogP) is 2.95. The van der Waals surface area contributed by atoms with Crippen molar-refractivity contribution in [3.8, 4) is 11.1 Å². The zero-order valence-corrected chi connectivity index (χ0v) is 13.2. The van der Waals surface area contributed by atoms with Crippen LogP contribution in [0.5, 0.6) is 0 Å². The van der Waals surface area contributed by atoms with Crippen LogP contribution in [0.4, 0.5) is 4.39 Å². The van der Waals surface area contributed by atoms with E-state index in [4.69, 9.17) is 0 Å². The highest BCUT2D eigenvalue weighted by Gasteiger charge is 2.16. The van der Waals surface area contributed by atoms with Gasteiger partial charge in [0.1, 0.15) is 5.82 Å². The van der Waals surface area contributed by atoms with Crippen molar-refractivity contribution in [1.82, 2.24) is 14.9 Å². The van der Waals surface area contributed by atoms with Gasteiger partial charge in [0.05, 0.1) is 17.2 Å². The van der Waals surface area contributed by atoms with Crippen LogP contribution in [0, 0.1) is 5.82 Å². The lowest BCUT2D eigenvalue weighted by molar-refractivity contribution is 0.497. The van der Waals surface area contributed by atoms with E-state index in [0.29, 0.717) is 23.5 Å². The molecule has 0 amide bonds. The lowest BCUT2D eigenvalue weighted by Crippen LogP contribution is -2.32. The summed E-state index contributed by atoms with van der Waals surface area (Å²) in [5.74, 6) is -0.278. The van der Waals surface area contributed by atoms with E-state index >= 15 is 0 Å². The molecule has 0 spiro atoms. The van der Waals surface area contributed by atoms with Gasteiger partial charge >= 0.3 is 0 Å². The number of aromatic nitrogens is 2. The summed E-state index contributed by atoms with van der Waals surface area (Å²) in [6.45, 7) is 1.66. The number of rotatable bonds is 3. The summed E-state index contributed by atoms with van der Waals surface area (Å²) in [5.41, 5.74) is 2.24. The summed E-state index contributed by atoms with van der Waals surface area (Å²) in [6, 6.07) is 12.2. The molecule has 2 heterocycles. The fraction of sp³-hybridized carbons (Fsp3) is 0.263. The third-order valence-electron chi connectivity index (χ3n) is 4.56. The van der Waals surface area contributed by atoms with Crippen molar-refractivity contribution in [3.05, 3.63) is 65.0 Å². The molecular weight excluding hydrogens is 305 g/mol. The van der Waals surface area contributed by atoms with Crippen LogP contribution in [0.3, 0.4) is 0 Å². The number of fused-ring (bicyclic) bond motifs is 1. The summed E-state index contributed by atoms with van der Waals surface area (Å²) in [4.78, 5) is 17.1. The normalized spacial score (nSPS) is 17.5. The molecule has 1 saturated heterocycles. The van der Waals surface area contributed by atoms with E-state index in [9.17, 15) is 9.18 Å². The van der Waals surface area contributed by atoms with Gasteiger partial charge in [0.25, 0.3) is 5.56 Å². The molecule has 4 rings (SSSR count). The minimum Gasteiger partial charge on any atom is -0.312 e. The molecule has 1 atom stereocenters. The van der Waals surface area contributed by atoms with Crippen LogP contribution in [0.2, 0.25) is 0 Å². The second-order valence-corrected chi connectivity index (χ2v) is 6.24. The molecule has 1 aromatic heterocycles. The van der Waals surface area contributed by atoms with Crippen molar-refractivity contribution in [2.24, 2.45) is 0 Å². The molecule has 1 N–H and O–H groups in total. The van der Waals surface area contributed by atoms with Gasteiger partial charge < -0.3 is 5.32 Å². The zero-order chi connectivity index (χ0) is 16.5. The van der Waals surface area contributed by atoms with Crippen molar-refractivity contribution in [2.75, 3.05) is 6.54 Å². The van der Waals surface area contributed by atoms with Crippen molar-refractivity contribution < 1.29 is 4.39 Å². The van der Waals surface area contributed by atoms with Gasteiger partial charge in [0.2, 0.25) is 0 Å². The summed E-state index contributed by atoms with van der Waals surface area (Å²) >= 11 is 0. The van der Waals surface area contributed by atoms with Crippen LogP contribution in [0.15, 0.2) is 53.6 Å². The van der Waals surface area contributed by atoms with E-state index in [1.165, 1.54) is 12.1 Å². The van der Waals surface area contributed by atoms with Crippen LogP contribution < -0.4 is 10.9 Å². The van der Waals surface area contributed by atoms with Gasteiger partial charge in [-0.1, -0.05) is 18.2 Å². The molecule has 4 nitrogen and oxygen atoms in total. The Hall–Kier alpha value is -2.53. The van der Waals surface area contributed by atoms with Crippen molar-refractivity contribution >= 4 is 10.9 Å². The molecule has 0 radical (unpaired) electrons. The Kier molecular flexibility index (Phi) is 3.86. The summed E-state index contributed by atoms with van der Waals surface area (Å²) in [5, 5.41) is 3.99. The van der Waals surface area contributed by atoms with E-state index in [1.807, 2.05) is 18.2 Å². The fourth-order valence-corrected chi connectivity index (χ4v) is 3.29. The van der Waals surface area contributed by atoms with E-state index < -0.39 is 0 Å². The van der Waals surface area contributed by atoms with Crippen LogP contribution in [0.1, 0.15) is 12.8 Å². The molecule has 0 aliphatic carbocycles. The Morgan fingerprint density at radius 2 is 2.08 bits per heavy atom. The SMILES string of the molecule is O=c1c2ccc(-c3cccc(F)c3)cc2ncn1CC1CCCN1. The molecule has 24 heavy (non-hydrogen) atoms. The van der Waals surface area contributed by atoms with Crippen molar-refractivity contribution in [1.29, 1.82) is 0 Å². The highest BCUT2D eigenvalue weighted by atomic mass is 19.1. The van der Waals surface area contributed by atoms with Gasteiger partial charge in [0, 0.05) is 12.6 Å². The maximum Gasteiger partial charge on any atom is 0.261 e. The number of hydrogen-bond acceptors (Lipinski definition) is 3. The molecule has 1 unspecified atom stereocenters. The first kappa shape index (κ1) is 15.0. The topological polar surface area (TPSA) is 46.9 Å². The third-order valence-corrected chi connectivity index (χ3v) is 4.56. The van der Waals surface area contributed by atoms with Crippen molar-refractivity contribution in [2.45, 2.75) is 25.4 Å². The van der Waals surface area contributed by atoms with E-state index in [0.717, 1.165) is 30.5 Å². The third kappa shape index (κ3) is 2.83. The summed E-state index contributed by atoms with van der Waals surface area (Å²) in [7, 11) is 0. The fourth-order valence-electron chi connectivity index (χ4n) is 3.29. The van der Waals surface area contributed by atoms with E-state index in [2.05, 4.69) is 10.3 Å². The Balaban J connectivity index is 1.72. The first-order valence-electron chi connectivity index (χ1n) is 8.19. The van der Waals surface area contributed by atoms with Gasteiger partial charge in [-0.05, 0) is 54.8 Å². The highest BCUT2D eigenvalue weighted by Crippen LogP contribution is 2.22. The Labute approximate surface area is 139 Å². The summed E-state index contributed by atoms with van der Waals surface area (Å²) in [6.07, 6.45) is 3.85. The molecule has 5 heteroatoms. The second-order valence-electron chi connectivity index (χ2n) is 6.24. The van der Waals surface area contributed by atoms with Gasteiger partial charge in [0.15, 0.2) is 0 Å². The molecule has 1 aliphatic rings. The monoisotopic (exact) mass is 323 g/mol. The largest absolute Gasteiger partial charge is 0.312 e. The zero-order valence-electron chi connectivity index (χ0n) is 13.2. The standard InChI is InChI=1S/C19H18FN3O/c20-15-4-1-3-13(9-15)14-6-7-17-18(10-14)22-12-23(19(17)24)11-16-5-2-8-21-16/h1,3-4,6-7,9-10,12,16,21H,2,5,8,11H2. The van der Waals surface area contributed by atoms with Gasteiger partial charge in [-0.25, -0.2) is 9.37 Å². The minimum absolute atomic E-state index is 0.0282. The molecular formula is C19H18FN3O. The number of benzene rings is 2. The molecule has 0 bridgehead atoms. The van der Waals surface area contributed by atoms with E-state index in [1.54, 1.807) is 23.0 Å². The second kappa shape index (κ2) is 6.17. The molecule has 2 aromatic carbocycles. The maximum atomic E-state index is 13.4. The summed E-state index contributed by atoms with van der Waals surface area (Å²) < 4.78 is 15.1. The van der Waals surface area contributed by atoms with Crippen LogP contribution in [-0.4, -0.2) is 22.1 Å². The Morgan fingerprint density at radius 3 is 2.88 bits per heavy atom. The Morgan fingerprint density at radius 1 is 1.21 bits per heavy atom. The van der Waals surface area contributed by atoms with Gasteiger partial charge in [-0.2, -0.15) is 0 Å². The molecule has 0 saturated carbocycles. The first-order valence-corrected chi connectivity index (χ1v) is 8.19. The van der Waals surface area contributed by atoms with Crippen LogP contribution >= 0.6 is 0 Å². The average Bonchev–Trinajstić information content (AvgIpc) is 3.10. The van der Waals surface area contributed by atoms with Crippen molar-refractivity contribution in [3.63, 3.8) is 0 Å². The number of halogens is 1. The lowest BCUT2D eigenvalue weighted by Gasteiger charge is -2.13. The van der Waals surface area contributed by atoms with Gasteiger partial charge in [-0.15, -0.1) is 0 Å². The molecule has 1 aliphatic heterocycles. The van der Waals surface area contributed by atoms with Crippen LogP contribution in [-0.2, 0) is 6.54 Å². The molecule has 3 aromatic rings. The molecule has 1 fully saturated rings. The number of hydrogen-bond donors (Lipinski definition) is 1. The minimum atomic E-state index is -0.278. The number of nitrogens with zero attached hydrogens (tertiary/aromatic N) is 2. The lowest BCUT2D eigenvalue weighted by atomic mass is 10.0. The number of nitrogens with one attached hydrogen (secondary N) is 1. The maximum absolute atomic E-state index is 13.4. The van der Waals surface area contributed by atoms with E-state index in [-0.39, 0.29) is 11.4 Å². The smallest absolute Gasteiger partial charge is 0.261 e.